The highest BCUT2D eigenvalue weighted by atomic mass is 19.1. The molecule has 0 aliphatic heterocycles. The number of imidazole rings is 1. The molecule has 1 aliphatic rings. The number of aromatic nitrogens is 8. The Morgan fingerprint density at radius 2 is 2.03 bits per heavy atom. The van der Waals surface area contributed by atoms with Gasteiger partial charge in [0.2, 0.25) is 0 Å². The first kappa shape index (κ1) is 20.1. The molecule has 0 bridgehead atoms. The number of nitrogens with zero attached hydrogens (tertiary/aromatic N) is 8. The predicted molar refractivity (Wildman–Crippen MR) is 120 cm³/mol. The first-order valence-corrected chi connectivity index (χ1v) is 10.7. The van der Waals surface area contributed by atoms with Crippen molar-refractivity contribution < 1.29 is 9.18 Å². The molecular weight excluding hydrogens is 437 g/mol. The normalized spacial score (nSPS) is 13.4. The van der Waals surface area contributed by atoms with Crippen LogP contribution in [0.4, 0.5) is 10.2 Å². The molecule has 0 saturated heterocycles. The number of carbonyl (C=O) groups excluding carboxylic acids is 1. The zero-order valence-corrected chi connectivity index (χ0v) is 18.1. The van der Waals surface area contributed by atoms with Gasteiger partial charge in [0, 0.05) is 12.1 Å². The summed E-state index contributed by atoms with van der Waals surface area (Å²) < 4.78 is 18.2. The monoisotopic (exact) mass is 455 g/mol. The van der Waals surface area contributed by atoms with Crippen LogP contribution in [0, 0.1) is 12.7 Å². The van der Waals surface area contributed by atoms with E-state index in [1.54, 1.807) is 35.9 Å². The average Bonchev–Trinajstić information content (AvgIpc) is 3.41. The van der Waals surface area contributed by atoms with Crippen LogP contribution >= 0.6 is 0 Å². The first-order chi connectivity index (χ1) is 16.6. The van der Waals surface area contributed by atoms with Crippen LogP contribution < -0.4 is 5.32 Å². The number of nitrogens with one attached hydrogen (secondary N) is 1. The van der Waals surface area contributed by atoms with E-state index in [9.17, 15) is 9.18 Å². The van der Waals surface area contributed by atoms with Gasteiger partial charge in [-0.15, -0.1) is 10.2 Å². The van der Waals surface area contributed by atoms with E-state index in [1.165, 1.54) is 24.8 Å². The summed E-state index contributed by atoms with van der Waals surface area (Å²) >= 11 is 0. The topological polar surface area (TPSA) is 116 Å². The molecule has 4 aromatic heterocycles. The minimum Gasteiger partial charge on any atom is -0.306 e. The van der Waals surface area contributed by atoms with Crippen molar-refractivity contribution in [3.05, 3.63) is 78.1 Å². The second kappa shape index (κ2) is 7.80. The van der Waals surface area contributed by atoms with E-state index in [-0.39, 0.29) is 11.4 Å². The van der Waals surface area contributed by atoms with Crippen molar-refractivity contribution in [2.45, 2.75) is 25.7 Å². The van der Waals surface area contributed by atoms with Gasteiger partial charge < -0.3 is 9.88 Å². The Balaban J connectivity index is 1.30. The fraction of sp³-hybridized carbons (Fsp3) is 0.174. The maximum atomic E-state index is 14.8. The molecule has 1 aromatic carbocycles. The van der Waals surface area contributed by atoms with Gasteiger partial charge in [-0.1, -0.05) is 6.07 Å². The van der Waals surface area contributed by atoms with Gasteiger partial charge in [-0.05, 0) is 49.6 Å². The maximum absolute atomic E-state index is 14.8. The lowest BCUT2D eigenvalue weighted by molar-refractivity contribution is 0.102. The lowest BCUT2D eigenvalue weighted by Gasteiger charge is -2.11. The summed E-state index contributed by atoms with van der Waals surface area (Å²) in [6.07, 6.45) is 8.81. The van der Waals surface area contributed by atoms with E-state index in [4.69, 9.17) is 0 Å². The number of hydrogen-bond donors (Lipinski definition) is 1. The van der Waals surface area contributed by atoms with Gasteiger partial charge in [0.05, 0.1) is 23.3 Å². The summed E-state index contributed by atoms with van der Waals surface area (Å²) in [7, 11) is 0. The number of pyridine rings is 1. The molecule has 0 spiro atoms. The van der Waals surface area contributed by atoms with Crippen LogP contribution in [-0.2, 0) is 0 Å². The largest absolute Gasteiger partial charge is 0.306 e. The number of aryl methyl sites for hydroxylation is 1. The van der Waals surface area contributed by atoms with Gasteiger partial charge in [0.1, 0.15) is 30.0 Å². The smallest absolute Gasteiger partial charge is 0.259 e. The van der Waals surface area contributed by atoms with Gasteiger partial charge in [-0.2, -0.15) is 4.98 Å². The Morgan fingerprint density at radius 1 is 1.15 bits per heavy atom. The van der Waals surface area contributed by atoms with E-state index in [0.29, 0.717) is 34.5 Å². The number of halogens is 1. The summed E-state index contributed by atoms with van der Waals surface area (Å²) in [4.78, 5) is 29.9. The first-order valence-electron chi connectivity index (χ1n) is 10.7. The quantitative estimate of drug-likeness (QED) is 0.432. The Bertz CT molecular complexity index is 1550. The van der Waals surface area contributed by atoms with Gasteiger partial charge in [-0.3, -0.25) is 4.79 Å². The molecule has 10 nitrogen and oxygen atoms in total. The zero-order chi connectivity index (χ0) is 23.2. The van der Waals surface area contributed by atoms with Gasteiger partial charge in [0.25, 0.3) is 11.7 Å². The molecule has 1 saturated carbocycles. The summed E-state index contributed by atoms with van der Waals surface area (Å²) in [5.74, 6) is 0.314. The van der Waals surface area contributed by atoms with Gasteiger partial charge in [-0.25, -0.2) is 23.7 Å². The minimum atomic E-state index is -0.613. The maximum Gasteiger partial charge on any atom is 0.259 e. The molecule has 11 heteroatoms. The number of amides is 1. The molecular formula is C23H18FN9O. The van der Waals surface area contributed by atoms with Crippen molar-refractivity contribution in [3.8, 4) is 17.2 Å². The lowest BCUT2D eigenvalue weighted by atomic mass is 10.1. The molecule has 1 amide bonds. The highest BCUT2D eigenvalue weighted by molar-refractivity contribution is 6.04. The van der Waals surface area contributed by atoms with E-state index in [1.807, 2.05) is 10.8 Å². The molecule has 0 radical (unpaired) electrons. The molecule has 0 atom stereocenters. The third-order valence-corrected chi connectivity index (χ3v) is 5.73. The summed E-state index contributed by atoms with van der Waals surface area (Å²) in [5, 5.41) is 10.8. The van der Waals surface area contributed by atoms with Crippen molar-refractivity contribution in [2.75, 3.05) is 5.32 Å². The lowest BCUT2D eigenvalue weighted by Crippen LogP contribution is -2.16. The number of benzene rings is 1. The number of anilines is 1. The fourth-order valence-corrected chi connectivity index (χ4v) is 3.82. The standard InChI is InChI=1S/C23H18FN9O/c1-13-7-16(24)15(8-19(13)32-9-18(27-12-32)14-5-6-14)22(34)29-20-4-2-3-17(28-20)21-30-31-23-26-10-25-11-33(21)23/h2-4,7-12,14H,5-6H2,1H3,(H,28,29,34). The second-order valence-corrected chi connectivity index (χ2v) is 8.16. The van der Waals surface area contributed by atoms with Gasteiger partial charge in [0.15, 0.2) is 5.82 Å². The third kappa shape index (κ3) is 3.56. The van der Waals surface area contributed by atoms with Crippen molar-refractivity contribution >= 4 is 17.5 Å². The average molecular weight is 455 g/mol. The van der Waals surface area contributed by atoms with Crippen LogP contribution in [0.25, 0.3) is 23.0 Å². The van der Waals surface area contributed by atoms with E-state index in [0.717, 1.165) is 18.5 Å². The zero-order valence-electron chi connectivity index (χ0n) is 18.1. The van der Waals surface area contributed by atoms with Crippen LogP contribution in [0.5, 0.6) is 0 Å². The highest BCUT2D eigenvalue weighted by Gasteiger charge is 2.26. The van der Waals surface area contributed by atoms with E-state index >= 15 is 0 Å². The molecule has 1 N–H and O–H groups in total. The van der Waals surface area contributed by atoms with Crippen LogP contribution in [0.15, 0.2) is 55.5 Å². The number of rotatable bonds is 5. The summed E-state index contributed by atoms with van der Waals surface area (Å²) in [5.41, 5.74) is 2.78. The van der Waals surface area contributed by atoms with Gasteiger partial charge >= 0.3 is 0 Å². The Labute approximate surface area is 192 Å². The van der Waals surface area contributed by atoms with Crippen LogP contribution in [-0.4, -0.2) is 45.0 Å². The highest BCUT2D eigenvalue weighted by Crippen LogP contribution is 2.39. The molecule has 5 aromatic rings. The Kier molecular flexibility index (Phi) is 4.61. The molecule has 1 aliphatic carbocycles. The molecule has 0 unspecified atom stereocenters. The van der Waals surface area contributed by atoms with Crippen LogP contribution in [0.2, 0.25) is 0 Å². The summed E-state index contributed by atoms with van der Waals surface area (Å²) in [6, 6.07) is 7.94. The number of hydrogen-bond acceptors (Lipinski definition) is 7. The van der Waals surface area contributed by atoms with Crippen molar-refractivity contribution in [1.82, 2.24) is 39.1 Å². The fourth-order valence-electron chi connectivity index (χ4n) is 3.82. The third-order valence-electron chi connectivity index (χ3n) is 5.73. The number of fused-ring (bicyclic) bond motifs is 1. The Hall–Kier alpha value is -4.54. The second-order valence-electron chi connectivity index (χ2n) is 8.16. The predicted octanol–water partition coefficient (Wildman–Crippen LogP) is 3.34. The minimum absolute atomic E-state index is 0.0872. The summed E-state index contributed by atoms with van der Waals surface area (Å²) in [6.45, 7) is 1.80. The van der Waals surface area contributed by atoms with Crippen molar-refractivity contribution in [3.63, 3.8) is 0 Å². The van der Waals surface area contributed by atoms with E-state index in [2.05, 4.69) is 35.5 Å². The van der Waals surface area contributed by atoms with E-state index < -0.39 is 11.7 Å². The Morgan fingerprint density at radius 3 is 2.88 bits per heavy atom. The molecule has 4 heterocycles. The molecule has 6 rings (SSSR count). The van der Waals surface area contributed by atoms with Crippen LogP contribution in [0.3, 0.4) is 0 Å². The van der Waals surface area contributed by atoms with Crippen molar-refractivity contribution in [1.29, 1.82) is 0 Å². The molecule has 34 heavy (non-hydrogen) atoms. The number of carbonyl (C=O) groups is 1. The SMILES string of the molecule is Cc1cc(F)c(C(=O)Nc2cccc(-c3nnc4ncncn34)n2)cc1-n1cnc(C2CC2)c1. The van der Waals surface area contributed by atoms with Crippen molar-refractivity contribution in [2.24, 2.45) is 0 Å². The molecule has 1 fully saturated rings. The van der Waals surface area contributed by atoms with Crippen LogP contribution in [0.1, 0.15) is 40.4 Å². The molecule has 168 valence electrons.